The summed E-state index contributed by atoms with van der Waals surface area (Å²) in [5, 5.41) is 0. The zero-order valence-corrected chi connectivity index (χ0v) is 11.5. The van der Waals surface area contributed by atoms with E-state index in [1.54, 1.807) is 18.9 Å². The quantitative estimate of drug-likeness (QED) is 0.897. The first-order chi connectivity index (χ1) is 7.50. The van der Waals surface area contributed by atoms with E-state index in [9.17, 15) is 4.79 Å². The van der Waals surface area contributed by atoms with Crippen molar-refractivity contribution in [3.63, 3.8) is 0 Å². The average molecular weight is 257 g/mol. The smallest absolute Gasteiger partial charge is 0.246 e. The molecule has 0 aromatic heterocycles. The highest BCUT2D eigenvalue weighted by atomic mass is 35.5. The van der Waals surface area contributed by atoms with Gasteiger partial charge in [-0.2, -0.15) is 0 Å². The molecule has 96 valence electrons. The first kappa shape index (κ1) is 15.9. The van der Waals surface area contributed by atoms with Gasteiger partial charge in [0.1, 0.15) is 5.54 Å². The van der Waals surface area contributed by atoms with Crippen molar-refractivity contribution < 1.29 is 4.79 Å². The maximum atomic E-state index is 12.2. The lowest BCUT2D eigenvalue weighted by Gasteiger charge is -2.29. The van der Waals surface area contributed by atoms with Gasteiger partial charge in [0.25, 0.3) is 0 Å². The number of hydrogen-bond acceptors (Lipinski definition) is 2. The summed E-state index contributed by atoms with van der Waals surface area (Å²) in [5.74, 6) is -0.0412. The van der Waals surface area contributed by atoms with Crippen molar-refractivity contribution in [2.45, 2.75) is 25.8 Å². The molecule has 17 heavy (non-hydrogen) atoms. The largest absolute Gasteiger partial charge is 0.344 e. The number of benzene rings is 1. The average Bonchev–Trinajstić information content (AvgIpc) is 2.29. The van der Waals surface area contributed by atoms with Crippen molar-refractivity contribution in [2.75, 3.05) is 13.6 Å². The van der Waals surface area contributed by atoms with E-state index in [2.05, 4.69) is 0 Å². The SMILES string of the molecule is CCCN(C)C(=O)C(C)(N)c1ccccc1.Cl. The highest BCUT2D eigenvalue weighted by Crippen LogP contribution is 2.19. The normalized spacial score (nSPS) is 13.4. The second kappa shape index (κ2) is 6.62. The molecule has 0 saturated heterocycles. The molecule has 0 spiro atoms. The van der Waals surface area contributed by atoms with E-state index >= 15 is 0 Å². The Labute approximate surface area is 109 Å². The summed E-state index contributed by atoms with van der Waals surface area (Å²) >= 11 is 0. The zero-order valence-electron chi connectivity index (χ0n) is 10.6. The minimum absolute atomic E-state index is 0. The van der Waals surface area contributed by atoms with Crippen LogP contribution >= 0.6 is 12.4 Å². The monoisotopic (exact) mass is 256 g/mol. The van der Waals surface area contributed by atoms with Gasteiger partial charge in [0.15, 0.2) is 0 Å². The summed E-state index contributed by atoms with van der Waals surface area (Å²) in [6.07, 6.45) is 0.938. The van der Waals surface area contributed by atoms with Crippen LogP contribution in [-0.4, -0.2) is 24.4 Å². The van der Waals surface area contributed by atoms with E-state index in [1.807, 2.05) is 37.3 Å². The molecule has 1 atom stereocenters. The van der Waals surface area contributed by atoms with Crippen molar-refractivity contribution >= 4 is 18.3 Å². The van der Waals surface area contributed by atoms with E-state index in [0.29, 0.717) is 0 Å². The number of nitrogens with zero attached hydrogens (tertiary/aromatic N) is 1. The molecule has 0 saturated carbocycles. The zero-order chi connectivity index (χ0) is 12.2. The molecule has 0 aliphatic rings. The maximum absolute atomic E-state index is 12.2. The van der Waals surface area contributed by atoms with Crippen LogP contribution in [0.3, 0.4) is 0 Å². The molecule has 0 fully saturated rings. The van der Waals surface area contributed by atoms with Gasteiger partial charge >= 0.3 is 0 Å². The van der Waals surface area contributed by atoms with Gasteiger partial charge in [-0.05, 0) is 18.9 Å². The molecule has 1 unspecified atom stereocenters. The third-order valence-electron chi connectivity index (χ3n) is 2.72. The van der Waals surface area contributed by atoms with E-state index in [0.717, 1.165) is 18.5 Å². The number of carbonyl (C=O) groups is 1. The summed E-state index contributed by atoms with van der Waals surface area (Å²) < 4.78 is 0. The first-order valence-corrected chi connectivity index (χ1v) is 5.60. The molecule has 1 amide bonds. The third-order valence-corrected chi connectivity index (χ3v) is 2.72. The summed E-state index contributed by atoms with van der Waals surface area (Å²) in [6, 6.07) is 9.48. The summed E-state index contributed by atoms with van der Waals surface area (Å²) in [6.45, 7) is 4.54. The maximum Gasteiger partial charge on any atom is 0.246 e. The number of hydrogen-bond donors (Lipinski definition) is 1. The molecule has 1 rings (SSSR count). The van der Waals surface area contributed by atoms with Gasteiger partial charge in [0.05, 0.1) is 0 Å². The molecule has 0 aliphatic carbocycles. The summed E-state index contributed by atoms with van der Waals surface area (Å²) in [5.41, 5.74) is 6.03. The molecule has 1 aromatic carbocycles. The lowest BCUT2D eigenvalue weighted by atomic mass is 9.92. The third kappa shape index (κ3) is 3.72. The van der Waals surface area contributed by atoms with Crippen molar-refractivity contribution in [1.29, 1.82) is 0 Å². The molecule has 0 aliphatic heterocycles. The molecule has 0 radical (unpaired) electrons. The molecule has 0 heterocycles. The fourth-order valence-corrected chi connectivity index (χ4v) is 1.74. The van der Waals surface area contributed by atoms with Gasteiger partial charge in [-0.25, -0.2) is 0 Å². The topological polar surface area (TPSA) is 46.3 Å². The second-order valence-electron chi connectivity index (χ2n) is 4.30. The van der Waals surface area contributed by atoms with Crippen LogP contribution in [0.4, 0.5) is 0 Å². The minimum Gasteiger partial charge on any atom is -0.344 e. The first-order valence-electron chi connectivity index (χ1n) is 5.60. The van der Waals surface area contributed by atoms with Crippen molar-refractivity contribution in [3.8, 4) is 0 Å². The molecular formula is C13H21ClN2O. The lowest BCUT2D eigenvalue weighted by Crippen LogP contribution is -2.49. The Morgan fingerprint density at radius 1 is 1.35 bits per heavy atom. The highest BCUT2D eigenvalue weighted by Gasteiger charge is 2.32. The van der Waals surface area contributed by atoms with Crippen molar-refractivity contribution in [3.05, 3.63) is 35.9 Å². The van der Waals surface area contributed by atoms with Crippen LogP contribution in [0, 0.1) is 0 Å². The number of carbonyl (C=O) groups excluding carboxylic acids is 1. The predicted octanol–water partition coefficient (Wildman–Crippen LogP) is 2.15. The minimum atomic E-state index is -0.939. The number of likely N-dealkylation sites (N-methyl/N-ethyl adjacent to an activating group) is 1. The molecule has 3 nitrogen and oxygen atoms in total. The van der Waals surface area contributed by atoms with Crippen LogP contribution in [0.5, 0.6) is 0 Å². The second-order valence-corrected chi connectivity index (χ2v) is 4.30. The number of nitrogens with two attached hydrogens (primary N) is 1. The summed E-state index contributed by atoms with van der Waals surface area (Å²) in [7, 11) is 1.79. The Hall–Kier alpha value is -1.06. The van der Waals surface area contributed by atoms with Crippen LogP contribution in [0.15, 0.2) is 30.3 Å². The standard InChI is InChI=1S/C13H20N2O.ClH/c1-4-10-15(3)12(16)13(2,14)11-8-6-5-7-9-11;/h5-9H,4,10,14H2,1-3H3;1H. The van der Waals surface area contributed by atoms with Gasteiger partial charge < -0.3 is 10.6 Å². The Morgan fingerprint density at radius 3 is 2.35 bits per heavy atom. The Morgan fingerprint density at radius 2 is 1.88 bits per heavy atom. The van der Waals surface area contributed by atoms with Crippen LogP contribution in [0.2, 0.25) is 0 Å². The van der Waals surface area contributed by atoms with E-state index in [4.69, 9.17) is 5.73 Å². The van der Waals surface area contributed by atoms with Gasteiger partial charge in [0.2, 0.25) is 5.91 Å². The van der Waals surface area contributed by atoms with E-state index in [1.165, 1.54) is 0 Å². The Kier molecular flexibility index (Phi) is 6.21. The van der Waals surface area contributed by atoms with E-state index in [-0.39, 0.29) is 18.3 Å². The summed E-state index contributed by atoms with van der Waals surface area (Å²) in [4.78, 5) is 13.8. The van der Waals surface area contributed by atoms with Gasteiger partial charge in [-0.15, -0.1) is 12.4 Å². The predicted molar refractivity (Wildman–Crippen MR) is 73.2 cm³/mol. The van der Waals surface area contributed by atoms with Gasteiger partial charge in [-0.3, -0.25) is 4.79 Å². The Bertz CT molecular complexity index is 352. The number of amides is 1. The molecular weight excluding hydrogens is 236 g/mol. The van der Waals surface area contributed by atoms with Crippen LogP contribution in [0.1, 0.15) is 25.8 Å². The highest BCUT2D eigenvalue weighted by molar-refractivity contribution is 5.86. The molecule has 0 bridgehead atoms. The van der Waals surface area contributed by atoms with Gasteiger partial charge in [0, 0.05) is 13.6 Å². The molecule has 1 aromatic rings. The fraction of sp³-hybridized carbons (Fsp3) is 0.462. The molecule has 4 heteroatoms. The van der Waals surface area contributed by atoms with E-state index < -0.39 is 5.54 Å². The van der Waals surface area contributed by atoms with Crippen LogP contribution in [-0.2, 0) is 10.3 Å². The van der Waals surface area contributed by atoms with Gasteiger partial charge in [-0.1, -0.05) is 37.3 Å². The van der Waals surface area contributed by atoms with Crippen LogP contribution < -0.4 is 5.73 Å². The molecule has 2 N–H and O–H groups in total. The van der Waals surface area contributed by atoms with Crippen molar-refractivity contribution in [2.24, 2.45) is 5.73 Å². The van der Waals surface area contributed by atoms with Crippen molar-refractivity contribution in [1.82, 2.24) is 4.90 Å². The number of halogens is 1. The fourth-order valence-electron chi connectivity index (χ4n) is 1.74. The Balaban J connectivity index is 0.00000256. The van der Waals surface area contributed by atoms with Crippen LogP contribution in [0.25, 0.3) is 0 Å². The lowest BCUT2D eigenvalue weighted by molar-refractivity contribution is -0.135. The number of rotatable bonds is 4.